The first kappa shape index (κ1) is 21.3. The lowest BCUT2D eigenvalue weighted by atomic mass is 10.2. The van der Waals surface area contributed by atoms with E-state index in [1.807, 2.05) is 19.1 Å². The quantitative estimate of drug-likeness (QED) is 0.527. The number of H-pyrrole nitrogens is 2. The van der Waals surface area contributed by atoms with Crippen molar-refractivity contribution in [2.24, 2.45) is 5.73 Å². The van der Waals surface area contributed by atoms with Crippen molar-refractivity contribution < 1.29 is 0 Å². The van der Waals surface area contributed by atoms with Crippen LogP contribution in [-0.2, 0) is 6.42 Å². The first-order valence-electron chi connectivity index (χ1n) is 10.5. The van der Waals surface area contributed by atoms with E-state index in [1.54, 1.807) is 24.7 Å². The van der Waals surface area contributed by atoms with Gasteiger partial charge in [-0.05, 0) is 18.6 Å². The molecule has 32 heavy (non-hydrogen) atoms. The Kier molecular flexibility index (Phi) is 6.28. The van der Waals surface area contributed by atoms with E-state index >= 15 is 0 Å². The molecule has 164 valence electrons. The molecule has 0 atom stereocenters. The van der Waals surface area contributed by atoms with Gasteiger partial charge in [-0.2, -0.15) is 5.26 Å². The van der Waals surface area contributed by atoms with Gasteiger partial charge in [0.15, 0.2) is 11.5 Å². The van der Waals surface area contributed by atoms with Crippen LogP contribution < -0.4 is 16.2 Å². The molecule has 0 saturated carbocycles. The smallest absolute Gasteiger partial charge is 0.254 e. The van der Waals surface area contributed by atoms with Crippen LogP contribution in [0.25, 0.3) is 17.6 Å². The molecular formula is C22H25N9O. The summed E-state index contributed by atoms with van der Waals surface area (Å²) >= 11 is 0. The summed E-state index contributed by atoms with van der Waals surface area (Å²) in [4.78, 5) is 35.0. The number of aromatic nitrogens is 5. The van der Waals surface area contributed by atoms with Crippen LogP contribution >= 0.6 is 0 Å². The summed E-state index contributed by atoms with van der Waals surface area (Å²) in [7, 11) is 0. The van der Waals surface area contributed by atoms with Crippen LogP contribution in [-0.4, -0.2) is 62.5 Å². The monoisotopic (exact) mass is 431 g/mol. The molecular weight excluding hydrogens is 406 g/mol. The van der Waals surface area contributed by atoms with E-state index in [0.29, 0.717) is 47.3 Å². The van der Waals surface area contributed by atoms with Crippen molar-refractivity contribution in [1.29, 1.82) is 5.26 Å². The highest BCUT2D eigenvalue weighted by molar-refractivity contribution is 5.62. The summed E-state index contributed by atoms with van der Waals surface area (Å²) in [5.74, 6) is 1.10. The van der Waals surface area contributed by atoms with Gasteiger partial charge in [0.2, 0.25) is 0 Å². The van der Waals surface area contributed by atoms with Crippen molar-refractivity contribution in [3.8, 4) is 17.6 Å². The molecule has 1 aliphatic heterocycles. The molecule has 0 amide bonds. The highest BCUT2D eigenvalue weighted by Crippen LogP contribution is 2.23. The van der Waals surface area contributed by atoms with Crippen LogP contribution in [0.4, 0.5) is 5.69 Å². The Hall–Kier alpha value is -3.97. The topological polar surface area (TPSA) is 144 Å². The molecule has 1 saturated heterocycles. The number of aromatic amines is 2. The summed E-state index contributed by atoms with van der Waals surface area (Å²) in [6, 6.07) is 6.01. The summed E-state index contributed by atoms with van der Waals surface area (Å²) in [6.07, 6.45) is 7.32. The molecule has 10 nitrogen and oxygen atoms in total. The number of piperazine rings is 1. The van der Waals surface area contributed by atoms with Crippen molar-refractivity contribution in [2.45, 2.75) is 13.3 Å². The van der Waals surface area contributed by atoms with E-state index < -0.39 is 0 Å². The lowest BCUT2D eigenvalue weighted by molar-refractivity contribution is 0.278. The third-order valence-electron chi connectivity index (χ3n) is 5.44. The van der Waals surface area contributed by atoms with Gasteiger partial charge in [0.25, 0.3) is 5.56 Å². The molecule has 10 heteroatoms. The molecule has 4 N–H and O–H groups in total. The van der Waals surface area contributed by atoms with E-state index in [1.165, 1.54) is 0 Å². The Morgan fingerprint density at radius 2 is 2.09 bits per heavy atom. The number of rotatable bonds is 6. The fourth-order valence-corrected chi connectivity index (χ4v) is 3.71. The van der Waals surface area contributed by atoms with Crippen molar-refractivity contribution in [3.05, 3.63) is 63.9 Å². The molecule has 3 aromatic heterocycles. The van der Waals surface area contributed by atoms with Crippen LogP contribution in [0.15, 0.2) is 41.2 Å². The van der Waals surface area contributed by atoms with E-state index in [0.717, 1.165) is 31.9 Å². The fourth-order valence-electron chi connectivity index (χ4n) is 3.71. The van der Waals surface area contributed by atoms with Gasteiger partial charge in [-0.1, -0.05) is 6.92 Å². The molecule has 1 aliphatic rings. The van der Waals surface area contributed by atoms with E-state index in [-0.39, 0.29) is 5.56 Å². The van der Waals surface area contributed by atoms with Crippen LogP contribution in [0.2, 0.25) is 0 Å². The highest BCUT2D eigenvalue weighted by Gasteiger charge is 2.21. The number of nitriles is 1. The second-order valence-electron chi connectivity index (χ2n) is 7.57. The molecule has 0 unspecified atom stereocenters. The zero-order valence-corrected chi connectivity index (χ0v) is 17.9. The molecule has 0 bridgehead atoms. The van der Waals surface area contributed by atoms with Gasteiger partial charge in [0.05, 0.1) is 5.69 Å². The van der Waals surface area contributed by atoms with E-state index in [2.05, 4.69) is 40.8 Å². The molecule has 0 radical (unpaired) electrons. The first-order valence-corrected chi connectivity index (χ1v) is 10.5. The molecule has 3 aromatic rings. The van der Waals surface area contributed by atoms with Crippen LogP contribution in [0.1, 0.15) is 24.0 Å². The number of nitrogens with zero attached hydrogens (tertiary/aromatic N) is 6. The number of pyridine rings is 1. The largest absolute Gasteiger partial charge is 0.401 e. The molecule has 1 fully saturated rings. The number of aryl methyl sites for hydroxylation is 1. The highest BCUT2D eigenvalue weighted by atomic mass is 16.1. The zero-order chi connectivity index (χ0) is 22.5. The molecule has 0 aliphatic carbocycles. The Morgan fingerprint density at radius 3 is 2.75 bits per heavy atom. The van der Waals surface area contributed by atoms with Gasteiger partial charge >= 0.3 is 0 Å². The molecule has 0 aromatic carbocycles. The number of imidazole rings is 1. The predicted octanol–water partition coefficient (Wildman–Crippen LogP) is 1.11. The van der Waals surface area contributed by atoms with Crippen LogP contribution in [0, 0.1) is 11.3 Å². The van der Waals surface area contributed by atoms with Gasteiger partial charge in [0, 0.05) is 68.7 Å². The van der Waals surface area contributed by atoms with E-state index in [9.17, 15) is 10.1 Å². The number of hydrogen-bond acceptors (Lipinski definition) is 8. The maximum Gasteiger partial charge on any atom is 0.254 e. The number of nitrogens with two attached hydrogens (primary N) is 1. The lowest BCUT2D eigenvalue weighted by Crippen LogP contribution is -2.47. The molecule has 4 heterocycles. The number of hydrogen-bond donors (Lipinski definition) is 3. The predicted molar refractivity (Wildman–Crippen MR) is 122 cm³/mol. The second-order valence-corrected chi connectivity index (χ2v) is 7.57. The molecule has 4 rings (SSSR count). The number of anilines is 1. The standard InChI is InChI=1S/C22H25N9O/c1-2-15-13-27-20(29-22(15)32)11-16(24)14-30-7-9-31(10-8-30)19-4-3-17(28-18(19)12-23)21-25-5-6-26-21/h3-6,11,13H,2,7-10,14,24H2,1H3,(H,25,26)(H,27,29,32)/b16-11-. The van der Waals surface area contributed by atoms with Crippen molar-refractivity contribution in [1.82, 2.24) is 29.8 Å². The van der Waals surface area contributed by atoms with Gasteiger partial charge in [0.1, 0.15) is 17.6 Å². The minimum atomic E-state index is -0.130. The van der Waals surface area contributed by atoms with Crippen LogP contribution in [0.5, 0.6) is 0 Å². The maximum atomic E-state index is 11.9. The zero-order valence-electron chi connectivity index (χ0n) is 17.9. The summed E-state index contributed by atoms with van der Waals surface area (Å²) in [5, 5.41) is 9.60. The summed E-state index contributed by atoms with van der Waals surface area (Å²) in [5.41, 5.74) is 9.20. The Bertz CT molecular complexity index is 1200. The summed E-state index contributed by atoms with van der Waals surface area (Å²) in [6.45, 7) is 5.58. The van der Waals surface area contributed by atoms with Gasteiger partial charge in [-0.15, -0.1) is 0 Å². The van der Waals surface area contributed by atoms with Crippen molar-refractivity contribution >= 4 is 11.8 Å². The average Bonchev–Trinajstić information content (AvgIpc) is 3.34. The fraction of sp³-hybridized carbons (Fsp3) is 0.318. The van der Waals surface area contributed by atoms with Crippen molar-refractivity contribution in [2.75, 3.05) is 37.6 Å². The van der Waals surface area contributed by atoms with Crippen LogP contribution in [0.3, 0.4) is 0 Å². The minimum Gasteiger partial charge on any atom is -0.401 e. The minimum absolute atomic E-state index is 0.130. The van der Waals surface area contributed by atoms with Gasteiger partial charge in [-0.3, -0.25) is 9.69 Å². The summed E-state index contributed by atoms with van der Waals surface area (Å²) < 4.78 is 0. The third-order valence-corrected chi connectivity index (χ3v) is 5.44. The normalized spacial score (nSPS) is 15.0. The Labute approximate surface area is 185 Å². The SMILES string of the molecule is CCc1cnc(/C=C(\N)CN2CCN(c3ccc(-c4ncc[nH]4)nc3C#N)CC2)[nH]c1=O. The number of nitrogens with one attached hydrogen (secondary N) is 2. The Morgan fingerprint density at radius 1 is 1.28 bits per heavy atom. The average molecular weight is 432 g/mol. The van der Waals surface area contributed by atoms with Gasteiger partial charge in [-0.25, -0.2) is 15.0 Å². The van der Waals surface area contributed by atoms with E-state index in [4.69, 9.17) is 5.73 Å². The third kappa shape index (κ3) is 4.68. The van der Waals surface area contributed by atoms with Crippen molar-refractivity contribution in [3.63, 3.8) is 0 Å². The first-order chi connectivity index (χ1) is 15.6. The Balaban J connectivity index is 1.38. The lowest BCUT2D eigenvalue weighted by Gasteiger charge is -2.36. The van der Waals surface area contributed by atoms with Gasteiger partial charge < -0.3 is 20.6 Å². The molecule has 0 spiro atoms. The maximum absolute atomic E-state index is 11.9. The second kappa shape index (κ2) is 9.45.